The predicted molar refractivity (Wildman–Crippen MR) is 45.8 cm³/mol. The molecule has 5 nitrogen and oxygen atoms in total. The zero-order valence-corrected chi connectivity index (χ0v) is 7.46. The van der Waals surface area contributed by atoms with Crippen molar-refractivity contribution in [1.82, 2.24) is 10.6 Å². The summed E-state index contributed by atoms with van der Waals surface area (Å²) in [6, 6.07) is -0.763. The second-order valence-corrected chi connectivity index (χ2v) is 3.84. The molecule has 0 aromatic heterocycles. The first-order chi connectivity index (χ1) is 6.07. The van der Waals surface area contributed by atoms with Crippen molar-refractivity contribution in [3.05, 3.63) is 0 Å². The zero-order valence-electron chi connectivity index (χ0n) is 7.46. The number of hydrogen-bond donors (Lipinski definition) is 3. The minimum absolute atomic E-state index is 0.221. The number of imide groups is 1. The highest BCUT2D eigenvalue weighted by Crippen LogP contribution is 2.42. The maximum absolute atomic E-state index is 11.6. The van der Waals surface area contributed by atoms with Gasteiger partial charge in [-0.25, -0.2) is 4.79 Å². The van der Waals surface area contributed by atoms with Crippen LogP contribution in [-0.4, -0.2) is 23.5 Å². The Bertz CT molecular complexity index is 269. The second kappa shape index (κ2) is 2.45. The third-order valence-electron chi connectivity index (χ3n) is 2.86. The van der Waals surface area contributed by atoms with E-state index in [1.54, 1.807) is 6.92 Å². The minimum Gasteiger partial charge on any atom is -0.325 e. The molecule has 2 aliphatic rings. The molecule has 0 spiro atoms. The van der Waals surface area contributed by atoms with Crippen LogP contribution in [0.2, 0.25) is 0 Å². The molecule has 1 heterocycles. The van der Waals surface area contributed by atoms with Gasteiger partial charge in [0.15, 0.2) is 0 Å². The first kappa shape index (κ1) is 8.50. The van der Waals surface area contributed by atoms with E-state index >= 15 is 0 Å². The van der Waals surface area contributed by atoms with Crippen molar-refractivity contribution in [2.75, 3.05) is 0 Å². The summed E-state index contributed by atoms with van der Waals surface area (Å²) in [5, 5.41) is 4.90. The molecular formula is C8H13N3O2. The lowest BCUT2D eigenvalue weighted by Crippen LogP contribution is -2.60. The summed E-state index contributed by atoms with van der Waals surface area (Å²) in [7, 11) is 0. The number of amides is 3. The molecule has 2 fully saturated rings. The van der Waals surface area contributed by atoms with E-state index in [9.17, 15) is 9.59 Å². The molecule has 2 rings (SSSR count). The van der Waals surface area contributed by atoms with Crippen LogP contribution in [0.5, 0.6) is 0 Å². The molecule has 1 saturated heterocycles. The molecule has 0 aromatic rings. The average Bonchev–Trinajstić information content (AvgIpc) is 2.78. The Labute approximate surface area is 76.0 Å². The predicted octanol–water partition coefficient (Wildman–Crippen LogP) is -0.678. The van der Waals surface area contributed by atoms with Crippen LogP contribution in [0.3, 0.4) is 0 Å². The van der Waals surface area contributed by atoms with E-state index < -0.39 is 11.6 Å². The van der Waals surface area contributed by atoms with E-state index in [1.807, 2.05) is 0 Å². The second-order valence-electron chi connectivity index (χ2n) is 3.84. The summed E-state index contributed by atoms with van der Waals surface area (Å²) >= 11 is 0. The highest BCUT2D eigenvalue weighted by molar-refractivity contribution is 6.08. The fraction of sp³-hybridized carbons (Fsp3) is 0.750. The van der Waals surface area contributed by atoms with Gasteiger partial charge in [0, 0.05) is 6.04 Å². The number of carbonyl (C=O) groups is 2. The number of rotatable bonds is 2. The first-order valence-electron chi connectivity index (χ1n) is 4.46. The Morgan fingerprint density at radius 1 is 1.54 bits per heavy atom. The highest BCUT2D eigenvalue weighted by Gasteiger charge is 2.58. The van der Waals surface area contributed by atoms with Gasteiger partial charge in [-0.2, -0.15) is 0 Å². The van der Waals surface area contributed by atoms with Crippen molar-refractivity contribution < 1.29 is 9.59 Å². The van der Waals surface area contributed by atoms with Crippen LogP contribution >= 0.6 is 0 Å². The number of carbonyl (C=O) groups excluding carboxylic acids is 2. The Balaban J connectivity index is 2.32. The van der Waals surface area contributed by atoms with E-state index in [-0.39, 0.29) is 17.9 Å². The number of urea groups is 1. The van der Waals surface area contributed by atoms with Crippen molar-refractivity contribution in [3.63, 3.8) is 0 Å². The third-order valence-corrected chi connectivity index (χ3v) is 2.86. The Kier molecular flexibility index (Phi) is 1.60. The molecule has 2 atom stereocenters. The monoisotopic (exact) mass is 183 g/mol. The van der Waals surface area contributed by atoms with Crippen LogP contribution in [0.4, 0.5) is 4.79 Å². The molecule has 4 N–H and O–H groups in total. The molecule has 1 saturated carbocycles. The first-order valence-corrected chi connectivity index (χ1v) is 4.46. The van der Waals surface area contributed by atoms with E-state index in [0.717, 1.165) is 12.8 Å². The molecule has 1 unspecified atom stereocenters. The van der Waals surface area contributed by atoms with Crippen LogP contribution in [0.1, 0.15) is 19.8 Å². The van der Waals surface area contributed by atoms with Gasteiger partial charge in [-0.1, -0.05) is 0 Å². The average molecular weight is 183 g/mol. The topological polar surface area (TPSA) is 84.2 Å². The van der Waals surface area contributed by atoms with Crippen molar-refractivity contribution in [3.8, 4) is 0 Å². The van der Waals surface area contributed by atoms with Crippen LogP contribution in [0.25, 0.3) is 0 Å². The maximum Gasteiger partial charge on any atom is 0.322 e. The molecule has 1 aliphatic heterocycles. The standard InChI is InChI=1S/C8H13N3O2/c1-4(9)8(5-2-3-5)6(12)10-7(13)11-8/h4-5H,2-3,9H2,1H3,(H2,10,11,12,13)/t4-,8?/m1/s1. The van der Waals surface area contributed by atoms with E-state index in [0.29, 0.717) is 0 Å². The fourth-order valence-electron chi connectivity index (χ4n) is 2.00. The van der Waals surface area contributed by atoms with Crippen molar-refractivity contribution in [2.45, 2.75) is 31.3 Å². The summed E-state index contributed by atoms with van der Waals surface area (Å²) in [6.45, 7) is 1.75. The van der Waals surface area contributed by atoms with Crippen LogP contribution in [0, 0.1) is 5.92 Å². The Morgan fingerprint density at radius 3 is 2.46 bits per heavy atom. The summed E-state index contributed by atoms with van der Waals surface area (Å²) in [4.78, 5) is 22.6. The molecule has 13 heavy (non-hydrogen) atoms. The van der Waals surface area contributed by atoms with E-state index in [1.165, 1.54) is 0 Å². The van der Waals surface area contributed by atoms with Gasteiger partial charge in [0.05, 0.1) is 0 Å². The number of nitrogens with one attached hydrogen (secondary N) is 2. The number of hydrogen-bond acceptors (Lipinski definition) is 3. The minimum atomic E-state index is -0.836. The molecular weight excluding hydrogens is 170 g/mol. The van der Waals surface area contributed by atoms with Gasteiger partial charge in [-0.3, -0.25) is 10.1 Å². The zero-order chi connectivity index (χ0) is 9.64. The summed E-state index contributed by atoms with van der Waals surface area (Å²) in [6.07, 6.45) is 1.94. The summed E-state index contributed by atoms with van der Waals surface area (Å²) < 4.78 is 0. The van der Waals surface area contributed by atoms with Crippen molar-refractivity contribution >= 4 is 11.9 Å². The van der Waals surface area contributed by atoms with Crippen molar-refractivity contribution in [1.29, 1.82) is 0 Å². The molecule has 5 heteroatoms. The molecule has 3 amide bonds. The third kappa shape index (κ3) is 1.03. The van der Waals surface area contributed by atoms with Crippen molar-refractivity contribution in [2.24, 2.45) is 11.7 Å². The highest BCUT2D eigenvalue weighted by atomic mass is 16.2. The Morgan fingerprint density at radius 2 is 2.15 bits per heavy atom. The van der Waals surface area contributed by atoms with Gasteiger partial charge < -0.3 is 11.1 Å². The molecule has 72 valence electrons. The smallest absolute Gasteiger partial charge is 0.322 e. The normalized spacial score (nSPS) is 35.5. The fourth-order valence-corrected chi connectivity index (χ4v) is 2.00. The quantitative estimate of drug-likeness (QED) is 0.496. The summed E-state index contributed by atoms with van der Waals surface area (Å²) in [5.41, 5.74) is 4.91. The molecule has 0 bridgehead atoms. The lowest BCUT2D eigenvalue weighted by atomic mass is 9.86. The van der Waals surface area contributed by atoms with Crippen LogP contribution in [-0.2, 0) is 4.79 Å². The maximum atomic E-state index is 11.6. The Hall–Kier alpha value is -1.10. The van der Waals surface area contributed by atoms with Crippen LogP contribution in [0.15, 0.2) is 0 Å². The van der Waals surface area contributed by atoms with E-state index in [2.05, 4.69) is 10.6 Å². The van der Waals surface area contributed by atoms with Gasteiger partial charge in [-0.15, -0.1) is 0 Å². The lowest BCUT2D eigenvalue weighted by molar-refractivity contribution is -0.125. The SMILES string of the molecule is C[C@@H](N)C1(C2CC2)NC(=O)NC1=O. The van der Waals surface area contributed by atoms with Gasteiger partial charge in [0.2, 0.25) is 0 Å². The van der Waals surface area contributed by atoms with E-state index in [4.69, 9.17) is 5.73 Å². The van der Waals surface area contributed by atoms with Gasteiger partial charge in [-0.05, 0) is 25.7 Å². The number of nitrogens with two attached hydrogens (primary N) is 1. The summed E-state index contributed by atoms with van der Waals surface area (Å²) in [5.74, 6) is -0.0473. The van der Waals surface area contributed by atoms with Gasteiger partial charge in [0.25, 0.3) is 5.91 Å². The van der Waals surface area contributed by atoms with Gasteiger partial charge in [0.1, 0.15) is 5.54 Å². The molecule has 0 aromatic carbocycles. The van der Waals surface area contributed by atoms with Crippen LogP contribution < -0.4 is 16.4 Å². The lowest BCUT2D eigenvalue weighted by Gasteiger charge is -2.29. The largest absolute Gasteiger partial charge is 0.325 e. The molecule has 1 aliphatic carbocycles. The van der Waals surface area contributed by atoms with Gasteiger partial charge >= 0.3 is 6.03 Å². The molecule has 0 radical (unpaired) electrons.